The van der Waals surface area contributed by atoms with Crippen LogP contribution >= 0.6 is 0 Å². The molecule has 0 radical (unpaired) electrons. The molecule has 90 valence electrons. The maximum absolute atomic E-state index is 11.1. The second-order valence-electron chi connectivity index (χ2n) is 3.54. The number of hydrogen-bond acceptors (Lipinski definition) is 4. The smallest absolute Gasteiger partial charge is 0.294 e. The zero-order valence-electron chi connectivity index (χ0n) is 9.04. The summed E-state index contributed by atoms with van der Waals surface area (Å²) >= 11 is 0. The Morgan fingerprint density at radius 1 is 1.24 bits per heavy atom. The zero-order chi connectivity index (χ0) is 12.6. The lowest BCUT2D eigenvalue weighted by atomic mass is 10.1. The van der Waals surface area contributed by atoms with Crippen molar-refractivity contribution in [3.63, 3.8) is 0 Å². The lowest BCUT2D eigenvalue weighted by Gasteiger charge is -2.09. The van der Waals surface area contributed by atoms with Crippen LogP contribution in [-0.2, 0) is 10.1 Å². The third-order valence-electron chi connectivity index (χ3n) is 2.48. The molecule has 2 aromatic carbocycles. The molecule has 0 aliphatic heterocycles. The predicted molar refractivity (Wildman–Crippen MR) is 64.7 cm³/mol. The number of rotatable bonds is 2. The highest BCUT2D eigenvalue weighted by molar-refractivity contribution is 7.85. The number of hydrogen-bond donors (Lipinski definition) is 2. The first kappa shape index (κ1) is 11.7. The maximum atomic E-state index is 11.1. The normalized spacial score (nSPS) is 11.6. The fourth-order valence-corrected chi connectivity index (χ4v) is 2.19. The van der Waals surface area contributed by atoms with Gasteiger partial charge in [0.15, 0.2) is 0 Å². The van der Waals surface area contributed by atoms with E-state index in [2.05, 4.69) is 0 Å². The van der Waals surface area contributed by atoms with E-state index in [1.54, 1.807) is 18.2 Å². The van der Waals surface area contributed by atoms with Crippen molar-refractivity contribution >= 4 is 26.6 Å². The largest absolute Gasteiger partial charge is 0.496 e. The van der Waals surface area contributed by atoms with Gasteiger partial charge in [-0.3, -0.25) is 4.55 Å². The second-order valence-corrected chi connectivity index (χ2v) is 4.96. The van der Waals surface area contributed by atoms with E-state index in [-0.39, 0.29) is 4.90 Å². The van der Waals surface area contributed by atoms with Crippen LogP contribution in [0.2, 0.25) is 0 Å². The van der Waals surface area contributed by atoms with E-state index in [4.69, 9.17) is 15.0 Å². The maximum Gasteiger partial charge on any atom is 0.294 e. The summed E-state index contributed by atoms with van der Waals surface area (Å²) in [5.41, 5.74) is 6.18. The molecule has 0 bridgehead atoms. The van der Waals surface area contributed by atoms with Crippen molar-refractivity contribution in [3.8, 4) is 5.75 Å². The SMILES string of the molecule is COc1cc(S(=O)(=O)O)cc2c(N)cccc12. The molecule has 0 atom stereocenters. The summed E-state index contributed by atoms with van der Waals surface area (Å²) in [6.07, 6.45) is 0. The molecule has 5 nitrogen and oxygen atoms in total. The topological polar surface area (TPSA) is 89.6 Å². The number of methoxy groups -OCH3 is 1. The Hall–Kier alpha value is -1.79. The third kappa shape index (κ3) is 2.04. The van der Waals surface area contributed by atoms with E-state index in [1.807, 2.05) is 0 Å². The van der Waals surface area contributed by atoms with Gasteiger partial charge in [-0.25, -0.2) is 0 Å². The fourth-order valence-electron chi connectivity index (χ4n) is 1.67. The van der Waals surface area contributed by atoms with Crippen molar-refractivity contribution in [2.45, 2.75) is 4.90 Å². The Morgan fingerprint density at radius 3 is 2.53 bits per heavy atom. The van der Waals surface area contributed by atoms with Crippen molar-refractivity contribution in [1.29, 1.82) is 0 Å². The summed E-state index contributed by atoms with van der Waals surface area (Å²) in [4.78, 5) is -0.236. The predicted octanol–water partition coefficient (Wildman–Crippen LogP) is 1.68. The van der Waals surface area contributed by atoms with Crippen LogP contribution in [0.4, 0.5) is 5.69 Å². The lowest BCUT2D eigenvalue weighted by molar-refractivity contribution is 0.417. The Labute approximate surface area is 98.6 Å². The van der Waals surface area contributed by atoms with E-state index in [1.165, 1.54) is 19.2 Å². The first-order valence-electron chi connectivity index (χ1n) is 4.77. The van der Waals surface area contributed by atoms with Crippen LogP contribution in [0.5, 0.6) is 5.75 Å². The van der Waals surface area contributed by atoms with Crippen molar-refractivity contribution in [2.75, 3.05) is 12.8 Å². The molecule has 6 heteroatoms. The molecule has 2 aromatic rings. The van der Waals surface area contributed by atoms with E-state index < -0.39 is 10.1 Å². The number of nitrogens with two attached hydrogens (primary N) is 1. The first-order chi connectivity index (χ1) is 7.93. The molecule has 0 fully saturated rings. The summed E-state index contributed by atoms with van der Waals surface area (Å²) < 4.78 is 36.4. The van der Waals surface area contributed by atoms with Crippen molar-refractivity contribution in [2.24, 2.45) is 0 Å². The monoisotopic (exact) mass is 253 g/mol. The van der Waals surface area contributed by atoms with E-state index >= 15 is 0 Å². The van der Waals surface area contributed by atoms with Gasteiger partial charge in [-0.2, -0.15) is 8.42 Å². The summed E-state index contributed by atoms with van der Waals surface area (Å²) in [5, 5.41) is 1.22. The van der Waals surface area contributed by atoms with Crippen LogP contribution in [0, 0.1) is 0 Å². The van der Waals surface area contributed by atoms with Crippen LogP contribution in [0.3, 0.4) is 0 Å². The molecular formula is C11H11NO4S. The second kappa shape index (κ2) is 3.90. The van der Waals surface area contributed by atoms with Gasteiger partial charge in [-0.05, 0) is 12.1 Å². The highest BCUT2D eigenvalue weighted by atomic mass is 32.2. The van der Waals surface area contributed by atoms with Crippen molar-refractivity contribution in [1.82, 2.24) is 0 Å². The molecule has 3 N–H and O–H groups in total. The minimum atomic E-state index is -4.28. The van der Waals surface area contributed by atoms with Gasteiger partial charge in [0.2, 0.25) is 0 Å². The summed E-state index contributed by atoms with van der Waals surface area (Å²) in [7, 11) is -2.86. The van der Waals surface area contributed by atoms with E-state index in [0.717, 1.165) is 0 Å². The van der Waals surface area contributed by atoms with Gasteiger partial charge in [0.05, 0.1) is 12.0 Å². The number of nitrogen functional groups attached to an aromatic ring is 1. The van der Waals surface area contributed by atoms with Crippen LogP contribution in [-0.4, -0.2) is 20.1 Å². The molecule has 0 aliphatic rings. The molecule has 0 amide bonds. The standard InChI is InChI=1S/C11H11NO4S/c1-16-11-6-7(17(13,14)15)5-9-8(11)3-2-4-10(9)12/h2-6H,12H2,1H3,(H,13,14,15). The fraction of sp³-hybridized carbons (Fsp3) is 0.0909. The lowest BCUT2D eigenvalue weighted by Crippen LogP contribution is -2.00. The van der Waals surface area contributed by atoms with E-state index in [0.29, 0.717) is 22.2 Å². The summed E-state index contributed by atoms with van der Waals surface area (Å²) in [6, 6.07) is 7.74. The molecule has 0 aromatic heterocycles. The minimum absolute atomic E-state index is 0.236. The summed E-state index contributed by atoms with van der Waals surface area (Å²) in [6.45, 7) is 0. The number of fused-ring (bicyclic) bond motifs is 1. The van der Waals surface area contributed by atoms with Crippen molar-refractivity contribution < 1.29 is 17.7 Å². The van der Waals surface area contributed by atoms with Gasteiger partial charge in [0, 0.05) is 22.5 Å². The number of ether oxygens (including phenoxy) is 1. The van der Waals surface area contributed by atoms with Crippen LogP contribution < -0.4 is 10.5 Å². The molecule has 0 heterocycles. The molecular weight excluding hydrogens is 242 g/mol. The number of benzene rings is 2. The Morgan fingerprint density at radius 2 is 1.94 bits per heavy atom. The van der Waals surface area contributed by atoms with Crippen molar-refractivity contribution in [3.05, 3.63) is 30.3 Å². The van der Waals surface area contributed by atoms with Gasteiger partial charge < -0.3 is 10.5 Å². The highest BCUT2D eigenvalue weighted by Gasteiger charge is 2.14. The Bertz CT molecular complexity index is 679. The third-order valence-corrected chi connectivity index (χ3v) is 3.31. The van der Waals surface area contributed by atoms with Gasteiger partial charge >= 0.3 is 0 Å². The molecule has 2 rings (SSSR count). The quantitative estimate of drug-likeness (QED) is 0.627. The van der Waals surface area contributed by atoms with Gasteiger partial charge in [0.25, 0.3) is 10.1 Å². The van der Waals surface area contributed by atoms with Crippen LogP contribution in [0.25, 0.3) is 10.8 Å². The minimum Gasteiger partial charge on any atom is -0.496 e. The Kier molecular flexibility index (Phi) is 2.68. The first-order valence-corrected chi connectivity index (χ1v) is 6.21. The molecule has 0 unspecified atom stereocenters. The molecule has 0 spiro atoms. The average molecular weight is 253 g/mol. The van der Waals surface area contributed by atoms with Gasteiger partial charge in [-0.1, -0.05) is 12.1 Å². The molecule has 0 aliphatic carbocycles. The molecule has 0 saturated carbocycles. The van der Waals surface area contributed by atoms with Gasteiger partial charge in [-0.15, -0.1) is 0 Å². The van der Waals surface area contributed by atoms with Crippen LogP contribution in [0.15, 0.2) is 35.2 Å². The van der Waals surface area contributed by atoms with E-state index in [9.17, 15) is 8.42 Å². The number of anilines is 1. The van der Waals surface area contributed by atoms with Crippen LogP contribution in [0.1, 0.15) is 0 Å². The molecule has 17 heavy (non-hydrogen) atoms. The summed E-state index contributed by atoms with van der Waals surface area (Å²) in [5.74, 6) is 0.349. The Balaban J connectivity index is 2.91. The molecule has 0 saturated heterocycles. The average Bonchev–Trinajstić information content (AvgIpc) is 2.27. The highest BCUT2D eigenvalue weighted by Crippen LogP contribution is 2.32. The van der Waals surface area contributed by atoms with Gasteiger partial charge in [0.1, 0.15) is 5.75 Å². The zero-order valence-corrected chi connectivity index (χ0v) is 9.86.